The number of cyclic esters (lactones) is 1. The molecule has 2 amide bonds. The average Bonchev–Trinajstić information content (AvgIpc) is 3.12. The van der Waals surface area contributed by atoms with Gasteiger partial charge in [0.25, 0.3) is 11.8 Å². The van der Waals surface area contributed by atoms with Crippen molar-refractivity contribution in [1.82, 2.24) is 9.99 Å². The molecule has 1 aromatic carbocycles. The van der Waals surface area contributed by atoms with Crippen molar-refractivity contribution in [3.05, 3.63) is 59.4 Å². The Bertz CT molecular complexity index is 1370. The van der Waals surface area contributed by atoms with Gasteiger partial charge in [-0.05, 0) is 37.5 Å². The minimum atomic E-state index is -3.42. The molecule has 1 aromatic heterocycles. The van der Waals surface area contributed by atoms with E-state index in [4.69, 9.17) is 10.6 Å². The molecule has 10 heteroatoms. The van der Waals surface area contributed by atoms with E-state index in [-0.39, 0.29) is 5.01 Å². The normalized spacial score (nSPS) is 27.9. The number of rotatable bonds is 4. The topological polar surface area (TPSA) is 126 Å². The number of allylic oxidation sites excluding steroid dienone is 1. The minimum absolute atomic E-state index is 0.222. The van der Waals surface area contributed by atoms with Gasteiger partial charge in [0.05, 0.1) is 11.3 Å². The van der Waals surface area contributed by atoms with Crippen molar-refractivity contribution in [2.75, 3.05) is 0 Å². The highest BCUT2D eigenvalue weighted by atomic mass is 19.3. The Labute approximate surface area is 219 Å². The van der Waals surface area contributed by atoms with Crippen LogP contribution in [0, 0.1) is 41.4 Å². The maximum atomic E-state index is 15.3. The van der Waals surface area contributed by atoms with E-state index in [2.05, 4.69) is 11.1 Å². The molecule has 38 heavy (non-hydrogen) atoms. The van der Waals surface area contributed by atoms with E-state index in [0.29, 0.717) is 11.3 Å². The van der Waals surface area contributed by atoms with Gasteiger partial charge in [-0.1, -0.05) is 37.3 Å². The van der Waals surface area contributed by atoms with Crippen molar-refractivity contribution in [3.8, 4) is 17.2 Å². The summed E-state index contributed by atoms with van der Waals surface area (Å²) in [4.78, 5) is 42.4. The summed E-state index contributed by atoms with van der Waals surface area (Å²) in [6.07, 6.45) is 2.72. The first kappa shape index (κ1) is 27.1. The number of nitrogens with two attached hydrogens (primary N) is 1. The van der Waals surface area contributed by atoms with Gasteiger partial charge in [-0.2, -0.15) is 5.26 Å². The van der Waals surface area contributed by atoms with E-state index in [1.54, 1.807) is 31.3 Å². The summed E-state index contributed by atoms with van der Waals surface area (Å²) in [7, 11) is 0. The molecule has 0 radical (unpaired) electrons. The van der Waals surface area contributed by atoms with E-state index < -0.39 is 59.4 Å². The second-order valence-corrected chi connectivity index (χ2v) is 10.0. The number of esters is 1. The zero-order valence-electron chi connectivity index (χ0n) is 21.4. The Morgan fingerprint density at radius 1 is 1.26 bits per heavy atom. The molecule has 2 fully saturated rings. The SMILES string of the molecule is CC(=O)N(N)C(=O)C12CC(F)(F)C(C)C(/C=C/c3ccc(-c4cccc(C)c4C#N)cn3)C1C(C)OC2=O. The Morgan fingerprint density at radius 3 is 2.58 bits per heavy atom. The molecule has 1 saturated carbocycles. The molecule has 2 N–H and O–H groups in total. The highest BCUT2D eigenvalue weighted by molar-refractivity contribution is 6.09. The van der Waals surface area contributed by atoms with Gasteiger partial charge < -0.3 is 4.74 Å². The van der Waals surface area contributed by atoms with Gasteiger partial charge in [0, 0.05) is 42.5 Å². The zero-order valence-corrected chi connectivity index (χ0v) is 21.4. The van der Waals surface area contributed by atoms with Crippen LogP contribution in [0.15, 0.2) is 42.6 Å². The van der Waals surface area contributed by atoms with Crippen LogP contribution in [-0.2, 0) is 19.1 Å². The number of aromatic nitrogens is 1. The number of nitriles is 1. The minimum Gasteiger partial charge on any atom is -0.461 e. The average molecular weight is 523 g/mol. The van der Waals surface area contributed by atoms with Crippen LogP contribution < -0.4 is 5.84 Å². The molecule has 2 aromatic rings. The van der Waals surface area contributed by atoms with Gasteiger partial charge in [-0.3, -0.25) is 19.4 Å². The monoisotopic (exact) mass is 522 g/mol. The van der Waals surface area contributed by atoms with Crippen LogP contribution in [0.4, 0.5) is 8.78 Å². The summed E-state index contributed by atoms with van der Waals surface area (Å²) in [6, 6.07) is 11.2. The molecule has 5 atom stereocenters. The lowest BCUT2D eigenvalue weighted by Crippen LogP contribution is -2.62. The predicted octanol–water partition coefficient (Wildman–Crippen LogP) is 4.03. The van der Waals surface area contributed by atoms with Gasteiger partial charge in [0.1, 0.15) is 12.2 Å². The fraction of sp³-hybridized carbons (Fsp3) is 0.393. The van der Waals surface area contributed by atoms with Gasteiger partial charge in [0.15, 0.2) is 5.41 Å². The zero-order chi connectivity index (χ0) is 28.0. The number of carbonyl (C=O) groups excluding carboxylic acids is 3. The van der Waals surface area contributed by atoms with Gasteiger partial charge >= 0.3 is 5.97 Å². The van der Waals surface area contributed by atoms with E-state index in [1.165, 1.54) is 13.0 Å². The number of alkyl halides is 2. The van der Waals surface area contributed by atoms with Gasteiger partial charge in [0.2, 0.25) is 5.91 Å². The Hall–Kier alpha value is -3.97. The summed E-state index contributed by atoms with van der Waals surface area (Å²) in [5.41, 5.74) is 0.992. The Morgan fingerprint density at radius 2 is 1.97 bits per heavy atom. The van der Waals surface area contributed by atoms with E-state index in [0.717, 1.165) is 23.6 Å². The van der Waals surface area contributed by atoms with Crippen LogP contribution in [-0.4, -0.2) is 39.8 Å². The van der Waals surface area contributed by atoms with Crippen molar-refractivity contribution in [1.29, 1.82) is 5.26 Å². The standard InChI is InChI=1S/C28H28F2N4O4/c1-15-6-5-7-22(23(15)12-31)19-8-9-20(33-13-19)10-11-21-16(2)28(29,30)14-27(25(36)34(32)18(4)35)24(21)17(3)38-26(27)37/h5-11,13,16-17,21,24H,14,32H2,1-4H3/b11-10+. The van der Waals surface area contributed by atoms with Gasteiger partial charge in [-0.25, -0.2) is 19.6 Å². The van der Waals surface area contributed by atoms with Crippen molar-refractivity contribution in [3.63, 3.8) is 0 Å². The molecule has 1 aliphatic heterocycles. The molecule has 8 nitrogen and oxygen atoms in total. The summed E-state index contributed by atoms with van der Waals surface area (Å²) in [6.45, 7) is 5.77. The molecule has 2 heterocycles. The third-order valence-electron chi connectivity index (χ3n) is 7.82. The fourth-order valence-corrected chi connectivity index (χ4v) is 5.72. The van der Waals surface area contributed by atoms with Crippen molar-refractivity contribution in [2.24, 2.45) is 29.0 Å². The lowest BCUT2D eigenvalue weighted by Gasteiger charge is -2.47. The number of benzene rings is 1. The highest BCUT2D eigenvalue weighted by Gasteiger charge is 2.72. The predicted molar refractivity (Wildman–Crippen MR) is 134 cm³/mol. The molecule has 198 valence electrons. The number of hydrogen-bond donors (Lipinski definition) is 1. The van der Waals surface area contributed by atoms with Gasteiger partial charge in [-0.15, -0.1) is 0 Å². The highest BCUT2D eigenvalue weighted by Crippen LogP contribution is 2.60. The molecular formula is C28H28F2N4O4. The number of pyridine rings is 1. The summed E-state index contributed by atoms with van der Waals surface area (Å²) in [5.74, 6) is -4.15. The van der Waals surface area contributed by atoms with Crippen molar-refractivity contribution in [2.45, 2.75) is 46.1 Å². The maximum Gasteiger partial charge on any atom is 0.322 e. The number of carbonyl (C=O) groups is 3. The summed E-state index contributed by atoms with van der Waals surface area (Å²) in [5, 5.41) is 9.74. The molecular weight excluding hydrogens is 494 g/mol. The summed E-state index contributed by atoms with van der Waals surface area (Å²) < 4.78 is 36.0. The smallest absolute Gasteiger partial charge is 0.322 e. The number of ether oxygens (including phenoxy) is 1. The lowest BCUT2D eigenvalue weighted by atomic mass is 9.56. The van der Waals surface area contributed by atoms with Crippen LogP contribution in [0.2, 0.25) is 0 Å². The van der Waals surface area contributed by atoms with Crippen LogP contribution in [0.1, 0.15) is 44.0 Å². The number of aryl methyl sites for hydroxylation is 1. The first-order valence-electron chi connectivity index (χ1n) is 12.2. The Kier molecular flexibility index (Phi) is 6.93. The van der Waals surface area contributed by atoms with Crippen LogP contribution in [0.25, 0.3) is 17.2 Å². The van der Waals surface area contributed by atoms with E-state index >= 15 is 8.78 Å². The first-order valence-corrected chi connectivity index (χ1v) is 12.2. The van der Waals surface area contributed by atoms with Crippen LogP contribution >= 0.6 is 0 Å². The number of fused-ring (bicyclic) bond motifs is 1. The summed E-state index contributed by atoms with van der Waals surface area (Å²) >= 11 is 0. The quantitative estimate of drug-likeness (QED) is 0.211. The molecule has 5 unspecified atom stereocenters. The molecule has 1 aliphatic carbocycles. The maximum absolute atomic E-state index is 15.3. The Balaban J connectivity index is 1.71. The second kappa shape index (κ2) is 9.72. The van der Waals surface area contributed by atoms with E-state index in [1.807, 2.05) is 25.1 Å². The third-order valence-corrected chi connectivity index (χ3v) is 7.82. The number of hydrogen-bond acceptors (Lipinski definition) is 7. The fourth-order valence-electron chi connectivity index (χ4n) is 5.72. The lowest BCUT2D eigenvalue weighted by molar-refractivity contribution is -0.185. The largest absolute Gasteiger partial charge is 0.461 e. The number of hydrazine groups is 1. The molecule has 0 spiro atoms. The number of nitrogens with zero attached hydrogens (tertiary/aromatic N) is 3. The number of imide groups is 1. The van der Waals surface area contributed by atoms with Crippen LogP contribution in [0.3, 0.4) is 0 Å². The first-order chi connectivity index (χ1) is 17.8. The third kappa shape index (κ3) is 4.27. The van der Waals surface area contributed by atoms with Crippen LogP contribution in [0.5, 0.6) is 0 Å². The molecule has 2 aliphatic rings. The number of amides is 2. The van der Waals surface area contributed by atoms with Crippen molar-refractivity contribution >= 4 is 23.9 Å². The second-order valence-electron chi connectivity index (χ2n) is 10.0. The molecule has 1 saturated heterocycles. The van der Waals surface area contributed by atoms with Crippen molar-refractivity contribution < 1.29 is 27.9 Å². The number of halogens is 2. The molecule has 0 bridgehead atoms. The molecule has 4 rings (SSSR count). The van der Waals surface area contributed by atoms with E-state index in [9.17, 15) is 19.6 Å².